The number of aromatic nitrogens is 1. The smallest absolute Gasteiger partial charge is 0.251 e. The van der Waals surface area contributed by atoms with Gasteiger partial charge in [0.15, 0.2) is 10.9 Å². The molecule has 2 aliphatic rings. The highest BCUT2D eigenvalue weighted by Gasteiger charge is 2.53. The molecule has 1 aromatic heterocycles. The van der Waals surface area contributed by atoms with Gasteiger partial charge in [0.05, 0.1) is 12.2 Å². The van der Waals surface area contributed by atoms with Crippen molar-refractivity contribution in [2.24, 2.45) is 5.92 Å². The Morgan fingerprint density at radius 1 is 1.21 bits per heavy atom. The minimum atomic E-state index is -1.42. The largest absolute Gasteiger partial charge is 0.365 e. The van der Waals surface area contributed by atoms with E-state index in [0.29, 0.717) is 30.4 Å². The fraction of sp³-hybridized carbons (Fsp3) is 0.571. The van der Waals surface area contributed by atoms with Crippen molar-refractivity contribution in [1.82, 2.24) is 15.2 Å². The number of carbonyl (C=O) groups excluding carboxylic acids is 3. The third-order valence-electron chi connectivity index (χ3n) is 7.32. The molecule has 2 fully saturated rings. The van der Waals surface area contributed by atoms with Gasteiger partial charge in [-0.1, -0.05) is 26.0 Å². The molecular weight excluding hydrogens is 507 g/mol. The zero-order valence-corrected chi connectivity index (χ0v) is 23.7. The van der Waals surface area contributed by atoms with E-state index in [4.69, 9.17) is 9.72 Å². The number of halogens is 1. The molecule has 1 aromatic carbocycles. The van der Waals surface area contributed by atoms with Gasteiger partial charge in [0.2, 0.25) is 5.91 Å². The summed E-state index contributed by atoms with van der Waals surface area (Å²) in [7, 11) is 2.02. The molecule has 4 rings (SSSR count). The minimum absolute atomic E-state index is 0.192. The number of likely N-dealkylation sites (tertiary alicyclic amines) is 1. The molecule has 8 nitrogen and oxygen atoms in total. The predicted octanol–water partition coefficient (Wildman–Crippen LogP) is 4.01. The number of rotatable bonds is 9. The number of thiazole rings is 1. The SMILES string of the molecule is Cc1sc(N(C)C(C)C)nc1-c1ccc(C(=O)N[C@@H](CCC(C)C)C(=O)N2C[C@H](F)[C@H]3OCC(=O)[C@H]32)cc1. The molecule has 2 aliphatic heterocycles. The molecule has 2 aromatic rings. The number of carbonyl (C=O) groups is 3. The quantitative estimate of drug-likeness (QED) is 0.513. The number of anilines is 1. The van der Waals surface area contributed by atoms with E-state index >= 15 is 0 Å². The molecule has 3 heterocycles. The van der Waals surface area contributed by atoms with Crippen LogP contribution in [0.15, 0.2) is 24.3 Å². The van der Waals surface area contributed by atoms with Crippen molar-refractivity contribution >= 4 is 34.1 Å². The Balaban J connectivity index is 1.49. The third kappa shape index (κ3) is 5.76. The monoisotopic (exact) mass is 544 g/mol. The van der Waals surface area contributed by atoms with Gasteiger partial charge in [-0.05, 0) is 51.7 Å². The van der Waals surface area contributed by atoms with Gasteiger partial charge in [-0.2, -0.15) is 0 Å². The van der Waals surface area contributed by atoms with Crippen LogP contribution in [0.3, 0.4) is 0 Å². The molecule has 10 heteroatoms. The maximum atomic E-state index is 14.5. The molecule has 0 unspecified atom stereocenters. The van der Waals surface area contributed by atoms with Crippen LogP contribution in [-0.4, -0.2) is 78.1 Å². The third-order valence-corrected chi connectivity index (χ3v) is 8.39. The molecule has 2 saturated heterocycles. The molecule has 0 radical (unpaired) electrons. The molecule has 1 N–H and O–H groups in total. The Kier molecular flexibility index (Phi) is 8.52. The molecule has 206 valence electrons. The van der Waals surface area contributed by atoms with Crippen LogP contribution in [0.1, 0.15) is 55.8 Å². The van der Waals surface area contributed by atoms with Crippen LogP contribution in [0.2, 0.25) is 0 Å². The van der Waals surface area contributed by atoms with Crippen LogP contribution >= 0.6 is 11.3 Å². The average Bonchev–Trinajstić information content (AvgIpc) is 3.56. The van der Waals surface area contributed by atoms with E-state index in [1.54, 1.807) is 23.5 Å². The lowest BCUT2D eigenvalue weighted by atomic mass is 10.0. The van der Waals surface area contributed by atoms with Gasteiger partial charge in [-0.3, -0.25) is 14.4 Å². The summed E-state index contributed by atoms with van der Waals surface area (Å²) >= 11 is 1.63. The highest BCUT2D eigenvalue weighted by atomic mass is 32.1. The number of Topliss-reactive ketones (excluding diaryl/α,β-unsaturated/α-hetero) is 1. The van der Waals surface area contributed by atoms with Gasteiger partial charge >= 0.3 is 0 Å². The molecule has 0 bridgehead atoms. The van der Waals surface area contributed by atoms with Crippen LogP contribution in [0.4, 0.5) is 9.52 Å². The molecule has 0 saturated carbocycles. The van der Waals surface area contributed by atoms with Crippen molar-refractivity contribution in [3.8, 4) is 11.3 Å². The van der Waals surface area contributed by atoms with E-state index in [2.05, 4.69) is 24.1 Å². The molecule has 4 atom stereocenters. The van der Waals surface area contributed by atoms with E-state index in [1.165, 1.54) is 4.90 Å². The molecule has 0 aliphatic carbocycles. The number of nitrogens with zero attached hydrogens (tertiary/aromatic N) is 3. The fourth-order valence-electron chi connectivity index (χ4n) is 4.82. The number of alkyl halides is 1. The predicted molar refractivity (Wildman–Crippen MR) is 146 cm³/mol. The van der Waals surface area contributed by atoms with Crippen molar-refractivity contribution in [3.63, 3.8) is 0 Å². The Labute approximate surface area is 227 Å². The van der Waals surface area contributed by atoms with E-state index in [-0.39, 0.29) is 18.9 Å². The Hall–Kier alpha value is -2.85. The summed E-state index contributed by atoms with van der Waals surface area (Å²) in [4.78, 5) is 48.2. The number of benzene rings is 1. The molecule has 38 heavy (non-hydrogen) atoms. The molecule has 0 spiro atoms. The topological polar surface area (TPSA) is 91.8 Å². The van der Waals surface area contributed by atoms with Gasteiger partial charge in [0.1, 0.15) is 31.0 Å². The summed E-state index contributed by atoms with van der Waals surface area (Å²) in [5.74, 6) is -0.827. The first-order chi connectivity index (χ1) is 18.0. The number of aryl methyl sites for hydroxylation is 1. The van der Waals surface area contributed by atoms with Crippen LogP contribution in [0, 0.1) is 12.8 Å². The standard InChI is InChI=1S/C28H37FN4O4S/c1-15(2)7-12-21(27(36)33-13-20(29)25-24(33)22(34)14-37-25)30-26(35)19-10-8-18(9-11-19)23-17(5)38-28(31-23)32(6)16(3)4/h8-11,15-16,20-21,24-25H,7,12-14H2,1-6H3,(H,30,35)/t20-,21-,24+,25+/m0/s1. The summed E-state index contributed by atoms with van der Waals surface area (Å²) in [5.41, 5.74) is 2.19. The first kappa shape index (κ1) is 28.2. The normalized spacial score (nSPS) is 21.8. The van der Waals surface area contributed by atoms with E-state index in [9.17, 15) is 18.8 Å². The van der Waals surface area contributed by atoms with Crippen LogP contribution in [0.25, 0.3) is 11.3 Å². The van der Waals surface area contributed by atoms with Gasteiger partial charge in [0, 0.05) is 29.1 Å². The number of ketones is 1. The fourth-order valence-corrected chi connectivity index (χ4v) is 5.85. The Morgan fingerprint density at radius 3 is 2.53 bits per heavy atom. The number of hydrogen-bond acceptors (Lipinski definition) is 7. The number of amides is 2. The molecule has 2 amide bonds. The van der Waals surface area contributed by atoms with Gasteiger partial charge in [-0.25, -0.2) is 9.37 Å². The van der Waals surface area contributed by atoms with Gasteiger partial charge in [-0.15, -0.1) is 11.3 Å². The van der Waals surface area contributed by atoms with Crippen LogP contribution < -0.4 is 10.2 Å². The lowest BCUT2D eigenvalue weighted by molar-refractivity contribution is -0.138. The zero-order chi connectivity index (χ0) is 27.7. The van der Waals surface area contributed by atoms with Crippen molar-refractivity contribution in [1.29, 1.82) is 0 Å². The summed E-state index contributed by atoms with van der Waals surface area (Å²) in [6.07, 6.45) is -1.25. The van der Waals surface area contributed by atoms with E-state index in [1.807, 2.05) is 40.0 Å². The first-order valence-electron chi connectivity index (χ1n) is 13.2. The number of fused-ring (bicyclic) bond motifs is 1. The highest BCUT2D eigenvalue weighted by molar-refractivity contribution is 7.16. The van der Waals surface area contributed by atoms with Crippen molar-refractivity contribution in [2.45, 2.75) is 77.9 Å². The van der Waals surface area contributed by atoms with Crippen LogP contribution in [-0.2, 0) is 14.3 Å². The molecular formula is C28H37FN4O4S. The highest BCUT2D eigenvalue weighted by Crippen LogP contribution is 2.33. The van der Waals surface area contributed by atoms with Crippen LogP contribution in [0.5, 0.6) is 0 Å². The van der Waals surface area contributed by atoms with Gasteiger partial charge in [0.25, 0.3) is 5.91 Å². The maximum absolute atomic E-state index is 14.5. The lowest BCUT2D eigenvalue weighted by Crippen LogP contribution is -2.52. The second-order valence-electron chi connectivity index (χ2n) is 10.9. The number of hydrogen-bond donors (Lipinski definition) is 1. The summed E-state index contributed by atoms with van der Waals surface area (Å²) in [6.45, 7) is 9.92. The summed E-state index contributed by atoms with van der Waals surface area (Å²) in [6, 6.07) is 5.69. The zero-order valence-electron chi connectivity index (χ0n) is 22.9. The van der Waals surface area contributed by atoms with E-state index < -0.39 is 36.2 Å². The van der Waals surface area contributed by atoms with Gasteiger partial charge < -0.3 is 19.9 Å². The number of nitrogens with one attached hydrogen (secondary N) is 1. The Morgan fingerprint density at radius 2 is 1.89 bits per heavy atom. The van der Waals surface area contributed by atoms with Crippen molar-refractivity contribution < 1.29 is 23.5 Å². The average molecular weight is 545 g/mol. The second-order valence-corrected chi connectivity index (χ2v) is 12.1. The Bertz CT molecular complexity index is 1180. The summed E-state index contributed by atoms with van der Waals surface area (Å²) in [5, 5.41) is 3.79. The summed E-state index contributed by atoms with van der Waals surface area (Å²) < 4.78 is 19.8. The minimum Gasteiger partial charge on any atom is -0.365 e. The van der Waals surface area contributed by atoms with Crippen molar-refractivity contribution in [2.75, 3.05) is 25.1 Å². The number of ether oxygens (including phenoxy) is 1. The van der Waals surface area contributed by atoms with Crippen molar-refractivity contribution in [3.05, 3.63) is 34.7 Å². The second kappa shape index (κ2) is 11.5. The maximum Gasteiger partial charge on any atom is 0.251 e. The lowest BCUT2D eigenvalue weighted by Gasteiger charge is -2.27. The first-order valence-corrected chi connectivity index (χ1v) is 14.0. The van der Waals surface area contributed by atoms with E-state index in [0.717, 1.165) is 21.3 Å².